The molecular formula is C16H32IN5OS. The Morgan fingerprint density at radius 2 is 2.12 bits per heavy atom. The molecule has 0 aromatic carbocycles. The molecule has 140 valence electrons. The van der Waals surface area contributed by atoms with E-state index in [9.17, 15) is 0 Å². The summed E-state index contributed by atoms with van der Waals surface area (Å²) in [6.45, 7) is 9.41. The molecule has 1 aromatic heterocycles. The van der Waals surface area contributed by atoms with Gasteiger partial charge in [0.15, 0.2) is 5.96 Å². The minimum Gasteiger partial charge on any atom is -0.385 e. The van der Waals surface area contributed by atoms with Gasteiger partial charge in [0.25, 0.3) is 0 Å². The molecule has 8 heteroatoms. The smallest absolute Gasteiger partial charge is 0.191 e. The van der Waals surface area contributed by atoms with Crippen LogP contribution in [0.4, 0.5) is 0 Å². The van der Waals surface area contributed by atoms with Crippen molar-refractivity contribution < 1.29 is 4.74 Å². The third kappa shape index (κ3) is 10.4. The number of nitrogens with one attached hydrogen (secondary N) is 2. The molecule has 0 saturated heterocycles. The molecule has 24 heavy (non-hydrogen) atoms. The van der Waals surface area contributed by atoms with E-state index in [1.807, 2.05) is 6.20 Å². The Balaban J connectivity index is 0.00000529. The van der Waals surface area contributed by atoms with Crippen molar-refractivity contribution in [3.63, 3.8) is 0 Å². The molecule has 0 fully saturated rings. The highest BCUT2D eigenvalue weighted by molar-refractivity contribution is 14.0. The highest BCUT2D eigenvalue weighted by Gasteiger charge is 2.03. The molecule has 0 saturated carbocycles. The number of ether oxygens (including phenoxy) is 1. The molecule has 2 N–H and O–H groups in total. The number of aliphatic imine (C=N–C) groups is 1. The molecule has 1 heterocycles. The predicted octanol–water partition coefficient (Wildman–Crippen LogP) is 2.35. The molecule has 0 unspecified atom stereocenters. The van der Waals surface area contributed by atoms with Crippen molar-refractivity contribution in [1.82, 2.24) is 20.5 Å². The number of guanidine groups is 1. The molecule has 6 nitrogen and oxygen atoms in total. The summed E-state index contributed by atoms with van der Waals surface area (Å²) in [6.07, 6.45) is 4.05. The average molecular weight is 469 g/mol. The first-order valence-electron chi connectivity index (χ1n) is 8.32. The molecule has 0 aliphatic carbocycles. The first-order valence-corrected chi connectivity index (χ1v) is 9.14. The van der Waals surface area contributed by atoms with Crippen LogP contribution in [0.3, 0.4) is 0 Å². The lowest BCUT2D eigenvalue weighted by molar-refractivity contribution is 0.180. The van der Waals surface area contributed by atoms with Gasteiger partial charge < -0.3 is 20.3 Å². The fourth-order valence-electron chi connectivity index (χ4n) is 2.03. The monoisotopic (exact) mass is 469 g/mol. The fourth-order valence-corrected chi connectivity index (χ4v) is 2.82. The minimum absolute atomic E-state index is 0. The number of thiazole rings is 1. The summed E-state index contributed by atoms with van der Waals surface area (Å²) in [5.41, 5.74) is 0. The standard InChI is InChI=1S/C16H31N5OS.HI/c1-5-14-12-19-15(23-14)13-20-16(17-6-2)18-8-10-21(3)9-7-11-22-4;/h12H,5-11,13H2,1-4H3,(H2,17,18,20);1H. The van der Waals surface area contributed by atoms with Crippen LogP contribution in [0.25, 0.3) is 0 Å². The van der Waals surface area contributed by atoms with Gasteiger partial charge in [0, 0.05) is 51.0 Å². The molecule has 0 aliphatic rings. The van der Waals surface area contributed by atoms with Gasteiger partial charge >= 0.3 is 0 Å². The minimum atomic E-state index is 0. The lowest BCUT2D eigenvalue weighted by Gasteiger charge is -2.18. The van der Waals surface area contributed by atoms with Crippen molar-refractivity contribution >= 4 is 41.3 Å². The van der Waals surface area contributed by atoms with Crippen LogP contribution in [0.5, 0.6) is 0 Å². The van der Waals surface area contributed by atoms with Crippen LogP contribution in [-0.4, -0.2) is 62.8 Å². The topological polar surface area (TPSA) is 61.8 Å². The van der Waals surface area contributed by atoms with E-state index in [0.717, 1.165) is 56.6 Å². The first-order chi connectivity index (χ1) is 11.2. The number of rotatable bonds is 11. The van der Waals surface area contributed by atoms with Gasteiger partial charge in [-0.2, -0.15) is 0 Å². The summed E-state index contributed by atoms with van der Waals surface area (Å²) in [6, 6.07) is 0. The maximum absolute atomic E-state index is 5.07. The summed E-state index contributed by atoms with van der Waals surface area (Å²) in [4.78, 5) is 12.6. The number of hydrogen-bond donors (Lipinski definition) is 2. The van der Waals surface area contributed by atoms with Crippen LogP contribution in [-0.2, 0) is 17.7 Å². The quantitative estimate of drug-likeness (QED) is 0.226. The third-order valence-electron chi connectivity index (χ3n) is 3.34. The van der Waals surface area contributed by atoms with E-state index in [1.54, 1.807) is 18.4 Å². The second kappa shape index (κ2) is 14.9. The largest absolute Gasteiger partial charge is 0.385 e. The molecule has 0 atom stereocenters. The molecule has 1 aromatic rings. The highest BCUT2D eigenvalue weighted by atomic mass is 127. The van der Waals surface area contributed by atoms with Gasteiger partial charge in [0.2, 0.25) is 0 Å². The zero-order valence-electron chi connectivity index (χ0n) is 15.3. The summed E-state index contributed by atoms with van der Waals surface area (Å²) in [5.74, 6) is 0.853. The number of methoxy groups -OCH3 is 1. The molecular weight excluding hydrogens is 437 g/mol. The summed E-state index contributed by atoms with van der Waals surface area (Å²) >= 11 is 1.74. The highest BCUT2D eigenvalue weighted by Crippen LogP contribution is 2.13. The molecule has 0 aliphatic heterocycles. The van der Waals surface area contributed by atoms with Crippen LogP contribution in [0.15, 0.2) is 11.2 Å². The number of hydrogen-bond acceptors (Lipinski definition) is 5. The summed E-state index contributed by atoms with van der Waals surface area (Å²) in [5, 5.41) is 7.72. The van der Waals surface area contributed by atoms with Crippen molar-refractivity contribution in [2.45, 2.75) is 33.2 Å². The normalized spacial score (nSPS) is 11.5. The number of aryl methyl sites for hydroxylation is 1. The van der Waals surface area contributed by atoms with Gasteiger partial charge in [0.05, 0.1) is 6.54 Å². The average Bonchev–Trinajstić information content (AvgIpc) is 3.01. The molecule has 1 rings (SSSR count). The van der Waals surface area contributed by atoms with Crippen LogP contribution in [0.1, 0.15) is 30.2 Å². The second-order valence-electron chi connectivity index (χ2n) is 5.35. The van der Waals surface area contributed by atoms with Crippen LogP contribution >= 0.6 is 35.3 Å². The third-order valence-corrected chi connectivity index (χ3v) is 4.47. The van der Waals surface area contributed by atoms with Crippen molar-refractivity contribution in [2.75, 3.05) is 46.9 Å². The van der Waals surface area contributed by atoms with Gasteiger partial charge in [0.1, 0.15) is 5.01 Å². The van der Waals surface area contributed by atoms with Gasteiger partial charge in [-0.15, -0.1) is 35.3 Å². The van der Waals surface area contributed by atoms with E-state index >= 15 is 0 Å². The van der Waals surface area contributed by atoms with Gasteiger partial charge in [-0.1, -0.05) is 6.92 Å². The molecule has 0 amide bonds. The van der Waals surface area contributed by atoms with E-state index in [1.165, 1.54) is 4.88 Å². The van der Waals surface area contributed by atoms with Crippen LogP contribution < -0.4 is 10.6 Å². The van der Waals surface area contributed by atoms with E-state index in [-0.39, 0.29) is 24.0 Å². The maximum Gasteiger partial charge on any atom is 0.191 e. The van der Waals surface area contributed by atoms with Crippen molar-refractivity contribution in [3.8, 4) is 0 Å². The Hall–Kier alpha value is -0.450. The van der Waals surface area contributed by atoms with Crippen molar-refractivity contribution in [3.05, 3.63) is 16.1 Å². The lowest BCUT2D eigenvalue weighted by atomic mass is 10.4. The Morgan fingerprint density at radius 1 is 1.33 bits per heavy atom. The molecule has 0 radical (unpaired) electrons. The summed E-state index contributed by atoms with van der Waals surface area (Å²) < 4.78 is 5.07. The Morgan fingerprint density at radius 3 is 2.75 bits per heavy atom. The van der Waals surface area contributed by atoms with Crippen molar-refractivity contribution in [1.29, 1.82) is 0 Å². The maximum atomic E-state index is 5.07. The number of likely N-dealkylation sites (N-methyl/N-ethyl adjacent to an activating group) is 1. The lowest BCUT2D eigenvalue weighted by Crippen LogP contribution is -2.41. The second-order valence-corrected chi connectivity index (χ2v) is 6.55. The Labute approximate surface area is 167 Å². The molecule has 0 spiro atoms. The van der Waals surface area contributed by atoms with Crippen LogP contribution in [0, 0.1) is 0 Å². The number of nitrogens with zero attached hydrogens (tertiary/aromatic N) is 3. The van der Waals surface area contributed by atoms with E-state index < -0.39 is 0 Å². The molecule has 0 bridgehead atoms. The van der Waals surface area contributed by atoms with E-state index in [0.29, 0.717) is 6.54 Å². The summed E-state index contributed by atoms with van der Waals surface area (Å²) in [7, 11) is 3.87. The number of halogens is 1. The van der Waals surface area contributed by atoms with E-state index in [2.05, 4.69) is 46.4 Å². The Bertz CT molecular complexity index is 455. The van der Waals surface area contributed by atoms with Crippen molar-refractivity contribution in [2.24, 2.45) is 4.99 Å². The Kier molecular flexibility index (Phi) is 14.6. The zero-order valence-corrected chi connectivity index (χ0v) is 18.4. The van der Waals surface area contributed by atoms with Gasteiger partial charge in [-0.3, -0.25) is 0 Å². The SMILES string of the molecule is CCNC(=NCc1ncc(CC)s1)NCCN(C)CCCOC.I. The van der Waals surface area contributed by atoms with Gasteiger partial charge in [-0.05, 0) is 26.8 Å². The van der Waals surface area contributed by atoms with Gasteiger partial charge in [-0.25, -0.2) is 9.98 Å². The first kappa shape index (κ1) is 23.5. The number of aromatic nitrogens is 1. The van der Waals surface area contributed by atoms with E-state index in [4.69, 9.17) is 4.74 Å². The van der Waals surface area contributed by atoms with Crippen LogP contribution in [0.2, 0.25) is 0 Å². The fraction of sp³-hybridized carbons (Fsp3) is 0.750. The predicted molar refractivity (Wildman–Crippen MR) is 114 cm³/mol. The zero-order chi connectivity index (χ0) is 16.9.